The summed E-state index contributed by atoms with van der Waals surface area (Å²) in [6.45, 7) is 21.7. The summed E-state index contributed by atoms with van der Waals surface area (Å²) in [7, 11) is 1.69. The average Bonchev–Trinajstić information content (AvgIpc) is 2.85. The van der Waals surface area contributed by atoms with Crippen molar-refractivity contribution in [3.05, 3.63) is 65.7 Å². The van der Waals surface area contributed by atoms with Gasteiger partial charge in [0.15, 0.2) is 0 Å². The highest BCUT2D eigenvalue weighted by atomic mass is 16.5. The van der Waals surface area contributed by atoms with Crippen LogP contribution < -0.4 is 4.74 Å². The van der Waals surface area contributed by atoms with Crippen LogP contribution >= 0.6 is 0 Å². The van der Waals surface area contributed by atoms with Gasteiger partial charge in [0.25, 0.3) is 0 Å². The first-order chi connectivity index (χ1) is 14.3. The molecular weight excluding hydrogens is 356 g/mol. The van der Waals surface area contributed by atoms with Crippen molar-refractivity contribution >= 4 is 0 Å². The topological polar surface area (TPSA) is 18.5 Å². The Morgan fingerprint density at radius 3 is 1.48 bits per heavy atom. The fraction of sp³-hybridized carbons (Fsp3) is 0.556. The van der Waals surface area contributed by atoms with Gasteiger partial charge in [0.2, 0.25) is 0 Å². The first kappa shape index (κ1) is 34.7. The Hall–Kier alpha value is -1.80. The summed E-state index contributed by atoms with van der Waals surface area (Å²) in [6, 6.07) is 18.4. The highest BCUT2D eigenvalue weighted by Gasteiger charge is 1.91. The molecule has 0 bridgehead atoms. The second-order valence-corrected chi connectivity index (χ2v) is 4.72. The highest BCUT2D eigenvalue weighted by molar-refractivity contribution is 5.27. The summed E-state index contributed by atoms with van der Waals surface area (Å²) < 4.78 is 10.3. The molecule has 0 aliphatic carbocycles. The van der Waals surface area contributed by atoms with Crippen molar-refractivity contribution in [1.29, 1.82) is 0 Å². The first-order valence-electron chi connectivity index (χ1n) is 11.5. The van der Waals surface area contributed by atoms with Crippen molar-refractivity contribution < 1.29 is 9.47 Å². The molecule has 0 aromatic heterocycles. The van der Waals surface area contributed by atoms with Gasteiger partial charge in [-0.25, -0.2) is 0 Å². The van der Waals surface area contributed by atoms with Crippen LogP contribution in [0.1, 0.15) is 86.8 Å². The molecule has 2 heteroatoms. The summed E-state index contributed by atoms with van der Waals surface area (Å²) in [5.74, 6) is 0.935. The van der Waals surface area contributed by atoms with E-state index in [9.17, 15) is 0 Å². The van der Waals surface area contributed by atoms with E-state index in [0.29, 0.717) is 0 Å². The van der Waals surface area contributed by atoms with E-state index in [1.165, 1.54) is 17.5 Å². The zero-order chi connectivity index (χ0) is 23.3. The number of aryl methyl sites for hydroxylation is 1. The third kappa shape index (κ3) is 24.2. The predicted molar refractivity (Wildman–Crippen MR) is 134 cm³/mol. The van der Waals surface area contributed by atoms with E-state index in [2.05, 4.69) is 31.2 Å². The Morgan fingerprint density at radius 1 is 0.621 bits per heavy atom. The minimum atomic E-state index is 0.733. The molecule has 0 aliphatic rings. The van der Waals surface area contributed by atoms with Gasteiger partial charge in [0.1, 0.15) is 5.75 Å². The molecule has 2 aromatic rings. The maximum Gasteiger partial charge on any atom is 0.118 e. The van der Waals surface area contributed by atoms with Crippen LogP contribution in [0.3, 0.4) is 0 Å². The SMILES string of the molecule is CC.CC.CC.CC.CCCc1ccc(OC)cc1.CCOCc1ccccc1. The van der Waals surface area contributed by atoms with Crippen molar-refractivity contribution in [2.75, 3.05) is 13.7 Å². The Morgan fingerprint density at radius 2 is 1.10 bits per heavy atom. The van der Waals surface area contributed by atoms with E-state index in [1.54, 1.807) is 7.11 Å². The molecule has 0 aliphatic heterocycles. The smallest absolute Gasteiger partial charge is 0.118 e. The van der Waals surface area contributed by atoms with Gasteiger partial charge in [-0.05, 0) is 36.6 Å². The van der Waals surface area contributed by atoms with Crippen molar-refractivity contribution in [2.45, 2.75) is 88.7 Å². The van der Waals surface area contributed by atoms with Crippen LogP contribution in [0.15, 0.2) is 54.6 Å². The lowest BCUT2D eigenvalue weighted by atomic mass is 10.1. The van der Waals surface area contributed by atoms with Crippen LogP contribution in [0, 0.1) is 0 Å². The van der Waals surface area contributed by atoms with Gasteiger partial charge >= 0.3 is 0 Å². The number of rotatable bonds is 6. The molecule has 0 fully saturated rings. The summed E-state index contributed by atoms with van der Waals surface area (Å²) in [4.78, 5) is 0. The largest absolute Gasteiger partial charge is 0.497 e. The molecule has 170 valence electrons. The maximum absolute atomic E-state index is 5.22. The molecule has 0 spiro atoms. The van der Waals surface area contributed by atoms with E-state index in [4.69, 9.17) is 9.47 Å². The summed E-state index contributed by atoms with van der Waals surface area (Å²) in [6.07, 6.45) is 2.36. The number of benzene rings is 2. The molecule has 0 saturated carbocycles. The second kappa shape index (κ2) is 33.8. The van der Waals surface area contributed by atoms with Gasteiger partial charge in [-0.1, -0.05) is 111 Å². The van der Waals surface area contributed by atoms with Crippen LogP contribution in [0.25, 0.3) is 0 Å². The standard InChI is InChI=1S/C10H14O.C9H12O.4C2H6/c1-3-4-9-5-7-10(11-2)8-6-9;1-2-10-8-9-6-4-3-5-7-9;4*1-2/h5-8H,3-4H2,1-2H3;3-7H,2,8H2,1H3;4*1-2H3. The lowest BCUT2D eigenvalue weighted by Crippen LogP contribution is -1.90. The highest BCUT2D eigenvalue weighted by Crippen LogP contribution is 2.12. The molecule has 0 unspecified atom stereocenters. The molecule has 0 radical (unpaired) electrons. The molecule has 0 saturated heterocycles. The van der Waals surface area contributed by atoms with Crippen LogP contribution in [-0.2, 0) is 17.8 Å². The Balaban J connectivity index is -0.000000161. The lowest BCUT2D eigenvalue weighted by molar-refractivity contribution is 0.134. The van der Waals surface area contributed by atoms with E-state index in [-0.39, 0.29) is 0 Å². The molecule has 2 rings (SSSR count). The van der Waals surface area contributed by atoms with E-state index in [0.717, 1.165) is 25.4 Å². The monoisotopic (exact) mass is 406 g/mol. The molecular formula is C27H50O2. The number of methoxy groups -OCH3 is 1. The van der Waals surface area contributed by atoms with Gasteiger partial charge < -0.3 is 9.47 Å². The minimum Gasteiger partial charge on any atom is -0.497 e. The zero-order valence-corrected chi connectivity index (χ0v) is 21.3. The summed E-state index contributed by atoms with van der Waals surface area (Å²) >= 11 is 0. The normalized spacial score (nSPS) is 7.83. The third-order valence-corrected chi connectivity index (χ3v) is 3.01. The van der Waals surface area contributed by atoms with Crippen molar-refractivity contribution in [3.8, 4) is 5.75 Å². The van der Waals surface area contributed by atoms with E-state index in [1.807, 2.05) is 92.6 Å². The number of ether oxygens (including phenoxy) is 2. The van der Waals surface area contributed by atoms with Gasteiger partial charge in [-0.3, -0.25) is 0 Å². The minimum absolute atomic E-state index is 0.733. The molecule has 2 aromatic carbocycles. The summed E-state index contributed by atoms with van der Waals surface area (Å²) in [5, 5.41) is 0. The van der Waals surface area contributed by atoms with Crippen molar-refractivity contribution in [2.24, 2.45) is 0 Å². The Bertz CT molecular complexity index is 464. The van der Waals surface area contributed by atoms with Gasteiger partial charge in [-0.15, -0.1) is 0 Å². The van der Waals surface area contributed by atoms with Crippen LogP contribution in [0.4, 0.5) is 0 Å². The predicted octanol–water partition coefficient (Wildman–Crippen LogP) is 8.98. The first-order valence-corrected chi connectivity index (χ1v) is 11.5. The summed E-state index contributed by atoms with van der Waals surface area (Å²) in [5.41, 5.74) is 2.62. The van der Waals surface area contributed by atoms with Crippen LogP contribution in [0.5, 0.6) is 5.75 Å². The van der Waals surface area contributed by atoms with Crippen LogP contribution in [0.2, 0.25) is 0 Å². The fourth-order valence-electron chi connectivity index (χ4n) is 1.88. The van der Waals surface area contributed by atoms with Crippen LogP contribution in [-0.4, -0.2) is 13.7 Å². The molecule has 0 amide bonds. The Kier molecular flexibility index (Phi) is 40.4. The second-order valence-electron chi connectivity index (χ2n) is 4.72. The Labute approximate surface area is 183 Å². The van der Waals surface area contributed by atoms with E-state index >= 15 is 0 Å². The molecule has 0 heterocycles. The van der Waals surface area contributed by atoms with Gasteiger partial charge in [0.05, 0.1) is 13.7 Å². The number of hydrogen-bond acceptors (Lipinski definition) is 2. The zero-order valence-electron chi connectivity index (χ0n) is 21.3. The quantitative estimate of drug-likeness (QED) is 0.476. The molecule has 0 N–H and O–H groups in total. The van der Waals surface area contributed by atoms with Crippen molar-refractivity contribution in [3.63, 3.8) is 0 Å². The van der Waals surface area contributed by atoms with Gasteiger partial charge in [-0.2, -0.15) is 0 Å². The number of hydrogen-bond donors (Lipinski definition) is 0. The molecule has 29 heavy (non-hydrogen) atoms. The lowest BCUT2D eigenvalue weighted by Gasteiger charge is -2.00. The maximum atomic E-state index is 5.22. The average molecular weight is 407 g/mol. The fourth-order valence-corrected chi connectivity index (χ4v) is 1.88. The van der Waals surface area contributed by atoms with Gasteiger partial charge in [0, 0.05) is 6.61 Å². The van der Waals surface area contributed by atoms with Crippen molar-refractivity contribution in [1.82, 2.24) is 0 Å². The molecule has 2 nitrogen and oxygen atoms in total. The molecule has 0 atom stereocenters. The third-order valence-electron chi connectivity index (χ3n) is 3.01. The van der Waals surface area contributed by atoms with E-state index < -0.39 is 0 Å².